The van der Waals surface area contributed by atoms with Crippen molar-refractivity contribution in [2.45, 2.75) is 26.7 Å². The average Bonchev–Trinajstić information content (AvgIpc) is 2.21. The van der Waals surface area contributed by atoms with Crippen LogP contribution in [0.3, 0.4) is 0 Å². The van der Waals surface area contributed by atoms with Crippen LogP contribution in [0.2, 0.25) is 0 Å². The highest BCUT2D eigenvalue weighted by atomic mass is 14.6. The monoisotopic (exact) mass is 177 g/mol. The van der Waals surface area contributed by atoms with Gasteiger partial charge in [-0.2, -0.15) is 0 Å². The van der Waals surface area contributed by atoms with Crippen molar-refractivity contribution in [3.8, 4) is 0 Å². The molecule has 0 bridgehead atoms. The minimum atomic E-state index is 0.984. The van der Waals surface area contributed by atoms with Crippen LogP contribution in [0.1, 0.15) is 25.0 Å². The van der Waals surface area contributed by atoms with Crippen molar-refractivity contribution in [3.05, 3.63) is 42.5 Å². The van der Waals surface area contributed by atoms with E-state index in [1.54, 1.807) is 0 Å². The van der Waals surface area contributed by atoms with Crippen LogP contribution in [0.25, 0.3) is 0 Å². The Hall–Kier alpha value is -1.24. The van der Waals surface area contributed by atoms with Crippen LogP contribution >= 0.6 is 0 Å². The van der Waals surface area contributed by atoms with Crippen molar-refractivity contribution in [3.63, 3.8) is 0 Å². The lowest BCUT2D eigenvalue weighted by atomic mass is 10.0. The highest BCUT2D eigenvalue weighted by molar-refractivity contribution is 5.53. The first-order valence-corrected chi connectivity index (χ1v) is 4.65. The zero-order valence-electron chi connectivity index (χ0n) is 8.64. The third-order valence-corrected chi connectivity index (χ3v) is 2.05. The van der Waals surface area contributed by atoms with Crippen LogP contribution in [0.15, 0.2) is 31.4 Å². The van der Waals surface area contributed by atoms with Gasteiger partial charge in [-0.25, -0.2) is 0 Å². The summed E-state index contributed by atoms with van der Waals surface area (Å²) in [6.45, 7) is 10.3. The molecule has 0 amide bonds. The Morgan fingerprint density at radius 3 is 1.77 bits per heavy atom. The molecule has 0 aliphatic rings. The molecular formula is C12H19N. The Morgan fingerprint density at radius 2 is 1.46 bits per heavy atom. The minimum absolute atomic E-state index is 0.984. The fraction of sp³-hybridized carbons (Fsp3) is 0.333. The smallest absolute Gasteiger partial charge is 0.0378 e. The number of para-hydroxylation sites is 1. The molecule has 0 aliphatic carbocycles. The molecule has 1 nitrogen and oxygen atoms in total. The predicted molar refractivity (Wildman–Crippen MR) is 60.9 cm³/mol. The largest absolute Gasteiger partial charge is 0.398 e. The van der Waals surface area contributed by atoms with Gasteiger partial charge in [0.05, 0.1) is 0 Å². The van der Waals surface area contributed by atoms with E-state index in [4.69, 9.17) is 5.73 Å². The van der Waals surface area contributed by atoms with Crippen LogP contribution in [0.5, 0.6) is 0 Å². The number of aryl methyl sites for hydroxylation is 2. The van der Waals surface area contributed by atoms with Crippen molar-refractivity contribution in [2.24, 2.45) is 0 Å². The molecule has 0 saturated carbocycles. The van der Waals surface area contributed by atoms with Crippen molar-refractivity contribution in [1.82, 2.24) is 0 Å². The minimum Gasteiger partial charge on any atom is -0.398 e. The van der Waals surface area contributed by atoms with E-state index in [-0.39, 0.29) is 0 Å². The first-order valence-electron chi connectivity index (χ1n) is 4.65. The van der Waals surface area contributed by atoms with Gasteiger partial charge in [-0.15, -0.1) is 13.2 Å². The normalized spacial score (nSPS) is 8.77. The molecular weight excluding hydrogens is 158 g/mol. The van der Waals surface area contributed by atoms with Crippen molar-refractivity contribution in [1.29, 1.82) is 0 Å². The Bertz CT molecular complexity index is 231. The standard InChI is InChI=1S/C10H15N.C2H4/c1-3-8-6-5-7-9(4-2)10(8)11;1-2/h5-7H,3-4,11H2,1-2H3;1-2H2. The summed E-state index contributed by atoms with van der Waals surface area (Å²) >= 11 is 0. The maximum Gasteiger partial charge on any atom is 0.0378 e. The van der Waals surface area contributed by atoms with Crippen molar-refractivity contribution >= 4 is 5.69 Å². The molecule has 0 aromatic heterocycles. The summed E-state index contributed by atoms with van der Waals surface area (Å²) < 4.78 is 0. The summed E-state index contributed by atoms with van der Waals surface area (Å²) in [6, 6.07) is 6.26. The number of anilines is 1. The van der Waals surface area contributed by atoms with E-state index in [0.29, 0.717) is 0 Å². The molecule has 0 heterocycles. The molecule has 1 heteroatoms. The fourth-order valence-corrected chi connectivity index (χ4v) is 1.28. The molecule has 1 rings (SSSR count). The van der Waals surface area contributed by atoms with Gasteiger partial charge in [0.2, 0.25) is 0 Å². The quantitative estimate of drug-likeness (QED) is 0.545. The lowest BCUT2D eigenvalue weighted by Gasteiger charge is -2.06. The third kappa shape index (κ3) is 2.94. The lowest BCUT2D eigenvalue weighted by molar-refractivity contribution is 1.09. The number of rotatable bonds is 2. The van der Waals surface area contributed by atoms with E-state index in [9.17, 15) is 0 Å². The summed E-state index contributed by atoms with van der Waals surface area (Å²) in [5, 5.41) is 0. The highest BCUT2D eigenvalue weighted by Crippen LogP contribution is 2.17. The highest BCUT2D eigenvalue weighted by Gasteiger charge is 1.99. The van der Waals surface area contributed by atoms with Gasteiger partial charge in [0.25, 0.3) is 0 Å². The molecule has 1 aromatic rings. The van der Waals surface area contributed by atoms with Crippen molar-refractivity contribution < 1.29 is 0 Å². The van der Waals surface area contributed by atoms with Gasteiger partial charge >= 0.3 is 0 Å². The zero-order valence-corrected chi connectivity index (χ0v) is 8.64. The first-order chi connectivity index (χ1) is 6.29. The second-order valence-electron chi connectivity index (χ2n) is 2.70. The van der Waals surface area contributed by atoms with Gasteiger partial charge < -0.3 is 5.73 Å². The summed E-state index contributed by atoms with van der Waals surface area (Å²) in [6.07, 6.45) is 2.05. The van der Waals surface area contributed by atoms with Gasteiger partial charge in [-0.1, -0.05) is 32.0 Å². The zero-order chi connectivity index (χ0) is 10.3. The van der Waals surface area contributed by atoms with E-state index < -0.39 is 0 Å². The average molecular weight is 177 g/mol. The third-order valence-electron chi connectivity index (χ3n) is 2.05. The summed E-state index contributed by atoms with van der Waals surface area (Å²) in [4.78, 5) is 0. The van der Waals surface area contributed by atoms with Crippen molar-refractivity contribution in [2.75, 3.05) is 5.73 Å². The van der Waals surface area contributed by atoms with Gasteiger partial charge in [0.15, 0.2) is 0 Å². The maximum atomic E-state index is 5.90. The Labute approximate surface area is 81.3 Å². The van der Waals surface area contributed by atoms with E-state index in [2.05, 4.69) is 45.2 Å². The molecule has 0 fully saturated rings. The SMILES string of the molecule is C=C.CCc1cccc(CC)c1N. The van der Waals surface area contributed by atoms with Gasteiger partial charge in [-0.3, -0.25) is 0 Å². The van der Waals surface area contributed by atoms with E-state index in [0.717, 1.165) is 18.5 Å². The molecule has 0 saturated heterocycles. The molecule has 1 aromatic carbocycles. The fourth-order valence-electron chi connectivity index (χ4n) is 1.28. The molecule has 0 atom stereocenters. The van der Waals surface area contributed by atoms with E-state index in [1.807, 2.05) is 0 Å². The number of hydrogen-bond donors (Lipinski definition) is 1. The second kappa shape index (κ2) is 6.30. The van der Waals surface area contributed by atoms with Crippen LogP contribution < -0.4 is 5.73 Å². The first kappa shape index (κ1) is 11.8. The Kier molecular flexibility index (Phi) is 5.69. The van der Waals surface area contributed by atoms with Crippen LogP contribution in [-0.2, 0) is 12.8 Å². The number of benzene rings is 1. The van der Waals surface area contributed by atoms with Gasteiger partial charge in [0.1, 0.15) is 0 Å². The number of hydrogen-bond acceptors (Lipinski definition) is 1. The molecule has 13 heavy (non-hydrogen) atoms. The second-order valence-corrected chi connectivity index (χ2v) is 2.70. The van der Waals surface area contributed by atoms with Crippen LogP contribution in [0.4, 0.5) is 5.69 Å². The van der Waals surface area contributed by atoms with Gasteiger partial charge in [0, 0.05) is 5.69 Å². The Balaban J connectivity index is 0.000000671. The van der Waals surface area contributed by atoms with E-state index in [1.165, 1.54) is 11.1 Å². The summed E-state index contributed by atoms with van der Waals surface area (Å²) in [5.74, 6) is 0. The predicted octanol–water partition coefficient (Wildman–Crippen LogP) is 3.20. The topological polar surface area (TPSA) is 26.0 Å². The molecule has 0 aliphatic heterocycles. The molecule has 72 valence electrons. The molecule has 0 unspecified atom stereocenters. The lowest BCUT2D eigenvalue weighted by Crippen LogP contribution is -1.97. The number of nitrogens with two attached hydrogens (primary N) is 1. The van der Waals surface area contributed by atoms with Gasteiger partial charge in [-0.05, 0) is 24.0 Å². The summed E-state index contributed by atoms with van der Waals surface area (Å²) in [5.41, 5.74) is 9.42. The maximum absolute atomic E-state index is 5.90. The summed E-state index contributed by atoms with van der Waals surface area (Å²) in [7, 11) is 0. The molecule has 0 radical (unpaired) electrons. The van der Waals surface area contributed by atoms with Crippen LogP contribution in [0, 0.1) is 0 Å². The number of nitrogen functional groups attached to an aromatic ring is 1. The van der Waals surface area contributed by atoms with E-state index >= 15 is 0 Å². The van der Waals surface area contributed by atoms with Crippen LogP contribution in [-0.4, -0.2) is 0 Å². The Morgan fingerprint density at radius 1 is 1.08 bits per heavy atom. The molecule has 0 spiro atoms. The molecule has 2 N–H and O–H groups in total.